The summed E-state index contributed by atoms with van der Waals surface area (Å²) >= 11 is 5.36. The van der Waals surface area contributed by atoms with E-state index in [9.17, 15) is 0 Å². The van der Waals surface area contributed by atoms with E-state index in [2.05, 4.69) is 55.9 Å². The predicted octanol–water partition coefficient (Wildman–Crippen LogP) is 4.55. The lowest BCUT2D eigenvalue weighted by Crippen LogP contribution is -2.00. The molecule has 0 bridgehead atoms. The predicted molar refractivity (Wildman–Crippen MR) is 78.4 cm³/mol. The summed E-state index contributed by atoms with van der Waals surface area (Å²) < 4.78 is 0.694. The van der Waals surface area contributed by atoms with Crippen molar-refractivity contribution in [2.24, 2.45) is 0 Å². The lowest BCUT2D eigenvalue weighted by molar-refractivity contribution is 0.843. The molecule has 0 unspecified atom stereocenters. The largest absolute Gasteiger partial charge is 0.346 e. The molecule has 2 nitrogen and oxygen atoms in total. The van der Waals surface area contributed by atoms with Crippen molar-refractivity contribution in [1.82, 2.24) is 9.97 Å². The molecule has 1 aromatic carbocycles. The molecule has 2 rings (SSSR count). The van der Waals surface area contributed by atoms with E-state index in [1.807, 2.05) is 0 Å². The van der Waals surface area contributed by atoms with Crippen molar-refractivity contribution in [3.63, 3.8) is 0 Å². The highest BCUT2D eigenvalue weighted by atomic mass is 32.1. The van der Waals surface area contributed by atoms with Crippen molar-refractivity contribution >= 4 is 12.2 Å². The van der Waals surface area contributed by atoms with Crippen molar-refractivity contribution in [1.29, 1.82) is 0 Å². The number of H-pyrrole nitrogens is 1. The molecule has 3 heteroatoms. The molecule has 0 aliphatic carbocycles. The van der Waals surface area contributed by atoms with Gasteiger partial charge in [0.05, 0.1) is 12.0 Å². The van der Waals surface area contributed by atoms with E-state index in [4.69, 9.17) is 12.2 Å². The smallest absolute Gasteiger partial charge is 0.133 e. The Morgan fingerprint density at radius 2 is 1.94 bits per heavy atom. The number of rotatable bonds is 2. The summed E-state index contributed by atoms with van der Waals surface area (Å²) in [5, 5.41) is 0. The van der Waals surface area contributed by atoms with Gasteiger partial charge >= 0.3 is 0 Å². The van der Waals surface area contributed by atoms with Gasteiger partial charge in [0.2, 0.25) is 0 Å². The number of aromatic amines is 1. The van der Waals surface area contributed by atoms with Gasteiger partial charge < -0.3 is 4.98 Å². The summed E-state index contributed by atoms with van der Waals surface area (Å²) in [7, 11) is 0. The Labute approximate surface area is 113 Å². The van der Waals surface area contributed by atoms with Gasteiger partial charge in [0.25, 0.3) is 0 Å². The first-order valence-electron chi connectivity index (χ1n) is 6.16. The summed E-state index contributed by atoms with van der Waals surface area (Å²) in [5.41, 5.74) is 5.94. The third-order valence-corrected chi connectivity index (χ3v) is 3.46. The first-order chi connectivity index (χ1) is 8.50. The maximum absolute atomic E-state index is 5.36. The van der Waals surface area contributed by atoms with E-state index >= 15 is 0 Å². The van der Waals surface area contributed by atoms with Gasteiger partial charge in [0.1, 0.15) is 4.64 Å². The monoisotopic (exact) mass is 258 g/mol. The molecule has 0 amide bonds. The SMILES string of the molecule is Cc1ccc(C)c(-c2[nH]cnc(=S)c2C(C)C)c1. The van der Waals surface area contributed by atoms with Gasteiger partial charge in [0, 0.05) is 11.1 Å². The normalized spacial score (nSPS) is 10.9. The van der Waals surface area contributed by atoms with Gasteiger partial charge in [-0.3, -0.25) is 0 Å². The molecule has 0 saturated heterocycles. The first kappa shape index (κ1) is 13.0. The van der Waals surface area contributed by atoms with E-state index in [0.717, 1.165) is 11.3 Å². The fraction of sp³-hybridized carbons (Fsp3) is 0.333. The topological polar surface area (TPSA) is 28.7 Å². The summed E-state index contributed by atoms with van der Waals surface area (Å²) in [4.78, 5) is 7.46. The minimum Gasteiger partial charge on any atom is -0.346 e. The number of aryl methyl sites for hydroxylation is 2. The van der Waals surface area contributed by atoms with Crippen LogP contribution in [0, 0.1) is 18.5 Å². The number of hydrogen-bond acceptors (Lipinski definition) is 2. The highest BCUT2D eigenvalue weighted by molar-refractivity contribution is 7.71. The quantitative estimate of drug-likeness (QED) is 0.801. The molecule has 1 N–H and O–H groups in total. The van der Waals surface area contributed by atoms with Crippen molar-refractivity contribution in [2.75, 3.05) is 0 Å². The Kier molecular flexibility index (Phi) is 3.62. The maximum atomic E-state index is 5.36. The van der Waals surface area contributed by atoms with Crippen LogP contribution in [0.1, 0.15) is 36.5 Å². The molecule has 1 heterocycles. The summed E-state index contributed by atoms with van der Waals surface area (Å²) in [5.74, 6) is 0.359. The average molecular weight is 258 g/mol. The molecule has 0 spiro atoms. The minimum absolute atomic E-state index is 0.359. The third kappa shape index (κ3) is 2.36. The van der Waals surface area contributed by atoms with E-state index < -0.39 is 0 Å². The molecule has 94 valence electrons. The van der Waals surface area contributed by atoms with Crippen LogP contribution in [0.3, 0.4) is 0 Å². The molecule has 0 aliphatic rings. The summed E-state index contributed by atoms with van der Waals surface area (Å²) in [6, 6.07) is 6.47. The zero-order valence-electron chi connectivity index (χ0n) is 11.2. The summed E-state index contributed by atoms with van der Waals surface area (Å²) in [6.07, 6.45) is 1.69. The van der Waals surface area contributed by atoms with Crippen LogP contribution in [-0.2, 0) is 0 Å². The molecular weight excluding hydrogens is 240 g/mol. The molecule has 1 aromatic heterocycles. The molecule has 0 saturated carbocycles. The maximum Gasteiger partial charge on any atom is 0.133 e. The molecule has 0 fully saturated rings. The third-order valence-electron chi connectivity index (χ3n) is 3.13. The van der Waals surface area contributed by atoms with Crippen molar-refractivity contribution < 1.29 is 0 Å². The molecule has 0 radical (unpaired) electrons. The first-order valence-corrected chi connectivity index (χ1v) is 6.56. The second kappa shape index (κ2) is 5.02. The highest BCUT2D eigenvalue weighted by Gasteiger charge is 2.13. The van der Waals surface area contributed by atoms with Crippen LogP contribution in [0.4, 0.5) is 0 Å². The van der Waals surface area contributed by atoms with Crippen LogP contribution >= 0.6 is 12.2 Å². The zero-order chi connectivity index (χ0) is 13.3. The van der Waals surface area contributed by atoms with Crippen LogP contribution < -0.4 is 0 Å². The van der Waals surface area contributed by atoms with Crippen LogP contribution in [-0.4, -0.2) is 9.97 Å². The fourth-order valence-corrected chi connectivity index (χ4v) is 2.56. The Hall–Kier alpha value is -1.48. The standard InChI is InChI=1S/C15H18N2S/c1-9(2)13-14(16-8-17-15(13)18)12-7-10(3)5-6-11(12)4/h5-9H,1-4H3,(H,16,17,18). The van der Waals surface area contributed by atoms with Crippen LogP contribution in [0.2, 0.25) is 0 Å². The molecule has 0 aliphatic heterocycles. The molecule has 2 aromatic rings. The van der Waals surface area contributed by atoms with Gasteiger partial charge in [-0.2, -0.15) is 0 Å². The van der Waals surface area contributed by atoms with Crippen molar-refractivity contribution in [2.45, 2.75) is 33.6 Å². The van der Waals surface area contributed by atoms with Crippen molar-refractivity contribution in [3.05, 3.63) is 45.9 Å². The van der Waals surface area contributed by atoms with Gasteiger partial charge in [-0.25, -0.2) is 4.98 Å². The van der Waals surface area contributed by atoms with E-state index in [1.54, 1.807) is 6.33 Å². The molecular formula is C15H18N2S. The fourth-order valence-electron chi connectivity index (χ4n) is 2.17. The zero-order valence-corrected chi connectivity index (χ0v) is 12.1. The number of nitrogens with one attached hydrogen (secondary N) is 1. The van der Waals surface area contributed by atoms with Crippen molar-refractivity contribution in [3.8, 4) is 11.3 Å². The Morgan fingerprint density at radius 3 is 2.61 bits per heavy atom. The Morgan fingerprint density at radius 1 is 1.22 bits per heavy atom. The Balaban J connectivity index is 2.75. The average Bonchev–Trinajstić information content (AvgIpc) is 2.31. The number of benzene rings is 1. The van der Waals surface area contributed by atoms with E-state index in [0.29, 0.717) is 10.6 Å². The molecule has 18 heavy (non-hydrogen) atoms. The minimum atomic E-state index is 0.359. The summed E-state index contributed by atoms with van der Waals surface area (Å²) in [6.45, 7) is 8.52. The second-order valence-electron chi connectivity index (χ2n) is 4.97. The van der Waals surface area contributed by atoms with Crippen LogP contribution in [0.25, 0.3) is 11.3 Å². The number of aromatic nitrogens is 2. The number of nitrogens with zero attached hydrogens (tertiary/aromatic N) is 1. The molecule has 0 atom stereocenters. The second-order valence-corrected chi connectivity index (χ2v) is 5.36. The highest BCUT2D eigenvalue weighted by Crippen LogP contribution is 2.30. The van der Waals surface area contributed by atoms with Gasteiger partial charge in [0.15, 0.2) is 0 Å². The van der Waals surface area contributed by atoms with E-state index in [-0.39, 0.29) is 0 Å². The van der Waals surface area contributed by atoms with Gasteiger partial charge in [-0.05, 0) is 31.4 Å². The van der Waals surface area contributed by atoms with Gasteiger partial charge in [-0.1, -0.05) is 43.8 Å². The van der Waals surface area contributed by atoms with Crippen LogP contribution in [0.15, 0.2) is 24.5 Å². The Bertz CT molecular complexity index is 627. The van der Waals surface area contributed by atoms with Gasteiger partial charge in [-0.15, -0.1) is 0 Å². The van der Waals surface area contributed by atoms with Crippen LogP contribution in [0.5, 0.6) is 0 Å². The number of hydrogen-bond donors (Lipinski definition) is 1. The van der Waals surface area contributed by atoms with E-state index in [1.165, 1.54) is 16.7 Å². The lowest BCUT2D eigenvalue weighted by Gasteiger charge is -2.14. The lowest BCUT2D eigenvalue weighted by atomic mass is 9.95.